The standard InChI is InChI=1S/C22H19ClN2O2S/c1-15(2)28(26,27)20-10-8-18(9-11-20)22-14-24-16(3)21(25-22)12-7-17-5-4-6-19(23)13-17/h4-6,8-11,13-15H,1-3H3. The molecule has 142 valence electrons. The van der Waals surface area contributed by atoms with E-state index < -0.39 is 15.1 Å². The Bertz CT molecular complexity index is 1180. The molecule has 3 rings (SSSR count). The van der Waals surface area contributed by atoms with Crippen LogP contribution in [-0.2, 0) is 9.84 Å². The molecule has 0 fully saturated rings. The number of nitrogens with zero attached hydrogens (tertiary/aromatic N) is 2. The molecule has 0 bridgehead atoms. The Hall–Kier alpha value is -2.68. The second kappa shape index (κ2) is 8.14. The minimum absolute atomic E-state index is 0.298. The van der Waals surface area contributed by atoms with Crippen LogP contribution in [0.1, 0.15) is 30.8 Å². The summed E-state index contributed by atoms with van der Waals surface area (Å²) in [6.45, 7) is 5.18. The van der Waals surface area contributed by atoms with Gasteiger partial charge in [0.1, 0.15) is 5.69 Å². The first-order valence-corrected chi connectivity index (χ1v) is 10.7. The van der Waals surface area contributed by atoms with E-state index in [0.717, 1.165) is 16.8 Å². The first-order chi connectivity index (χ1) is 13.3. The molecule has 1 aromatic heterocycles. The second-order valence-electron chi connectivity index (χ2n) is 6.57. The van der Waals surface area contributed by atoms with E-state index in [4.69, 9.17) is 11.6 Å². The molecule has 1 heterocycles. The van der Waals surface area contributed by atoms with Crippen LogP contribution in [0.4, 0.5) is 0 Å². The minimum atomic E-state index is -3.30. The second-order valence-corrected chi connectivity index (χ2v) is 9.51. The van der Waals surface area contributed by atoms with Crippen molar-refractivity contribution < 1.29 is 8.42 Å². The molecule has 0 aliphatic rings. The Kier molecular flexibility index (Phi) is 5.83. The van der Waals surface area contributed by atoms with Gasteiger partial charge in [-0.15, -0.1) is 0 Å². The topological polar surface area (TPSA) is 59.9 Å². The number of hydrogen-bond acceptors (Lipinski definition) is 4. The zero-order valence-electron chi connectivity index (χ0n) is 15.8. The molecule has 0 N–H and O–H groups in total. The molecule has 0 saturated carbocycles. The molecule has 2 aromatic carbocycles. The van der Waals surface area contributed by atoms with E-state index in [1.807, 2.05) is 19.1 Å². The van der Waals surface area contributed by atoms with Crippen molar-refractivity contribution >= 4 is 21.4 Å². The van der Waals surface area contributed by atoms with E-state index in [1.54, 1.807) is 56.4 Å². The van der Waals surface area contributed by atoms with E-state index >= 15 is 0 Å². The highest BCUT2D eigenvalue weighted by atomic mass is 35.5. The summed E-state index contributed by atoms with van der Waals surface area (Å²) in [6, 6.07) is 14.0. The SMILES string of the molecule is Cc1ncc(-c2ccc(S(=O)(=O)C(C)C)cc2)nc1C#Cc1cccc(Cl)c1. The van der Waals surface area contributed by atoms with Crippen molar-refractivity contribution in [3.8, 4) is 23.1 Å². The molecule has 0 radical (unpaired) electrons. The number of halogens is 1. The van der Waals surface area contributed by atoms with Crippen molar-refractivity contribution in [2.75, 3.05) is 0 Å². The zero-order chi connectivity index (χ0) is 20.3. The van der Waals surface area contributed by atoms with Gasteiger partial charge in [0.2, 0.25) is 0 Å². The summed E-state index contributed by atoms with van der Waals surface area (Å²) in [5.74, 6) is 6.09. The van der Waals surface area contributed by atoms with E-state index in [9.17, 15) is 8.42 Å². The van der Waals surface area contributed by atoms with Gasteiger partial charge >= 0.3 is 0 Å². The molecule has 0 aliphatic heterocycles. The molecule has 0 saturated heterocycles. The van der Waals surface area contributed by atoms with E-state index in [-0.39, 0.29) is 0 Å². The highest BCUT2D eigenvalue weighted by molar-refractivity contribution is 7.92. The van der Waals surface area contributed by atoms with E-state index in [1.165, 1.54) is 0 Å². The average Bonchev–Trinajstić information content (AvgIpc) is 2.67. The predicted octanol–water partition coefficient (Wildman–Crippen LogP) is 4.69. The molecule has 0 spiro atoms. The van der Waals surface area contributed by atoms with Crippen LogP contribution >= 0.6 is 11.6 Å². The van der Waals surface area contributed by atoms with Crippen LogP contribution in [0.2, 0.25) is 5.02 Å². The smallest absolute Gasteiger partial charge is 0.180 e. The monoisotopic (exact) mass is 410 g/mol. The van der Waals surface area contributed by atoms with Gasteiger partial charge in [-0.05, 0) is 57.0 Å². The van der Waals surface area contributed by atoms with Crippen LogP contribution in [0.5, 0.6) is 0 Å². The lowest BCUT2D eigenvalue weighted by Gasteiger charge is -2.09. The van der Waals surface area contributed by atoms with Crippen LogP contribution in [0.3, 0.4) is 0 Å². The lowest BCUT2D eigenvalue weighted by atomic mass is 10.1. The Morgan fingerprint density at radius 1 is 1.04 bits per heavy atom. The Balaban J connectivity index is 1.94. The zero-order valence-corrected chi connectivity index (χ0v) is 17.3. The summed E-state index contributed by atoms with van der Waals surface area (Å²) in [5, 5.41) is 0.158. The molecule has 4 nitrogen and oxygen atoms in total. The Labute approximate surface area is 170 Å². The fourth-order valence-corrected chi connectivity index (χ4v) is 3.74. The van der Waals surface area contributed by atoms with Crippen molar-refractivity contribution in [3.05, 3.63) is 76.7 Å². The number of aromatic nitrogens is 2. The Morgan fingerprint density at radius 3 is 2.39 bits per heavy atom. The third-order valence-corrected chi connectivity index (χ3v) is 6.61. The number of sulfone groups is 1. The minimum Gasteiger partial charge on any atom is -0.256 e. The van der Waals surface area contributed by atoms with Crippen LogP contribution in [0.25, 0.3) is 11.3 Å². The van der Waals surface area contributed by atoms with Gasteiger partial charge in [-0.2, -0.15) is 0 Å². The summed E-state index contributed by atoms with van der Waals surface area (Å²) in [5.41, 5.74) is 3.49. The third-order valence-electron chi connectivity index (χ3n) is 4.20. The summed E-state index contributed by atoms with van der Waals surface area (Å²) in [7, 11) is -3.30. The molecule has 0 atom stereocenters. The molecule has 0 amide bonds. The third kappa shape index (κ3) is 4.41. The van der Waals surface area contributed by atoms with Gasteiger partial charge in [0, 0.05) is 16.1 Å². The molecule has 0 unspecified atom stereocenters. The summed E-state index contributed by atoms with van der Waals surface area (Å²) in [6.07, 6.45) is 1.66. The van der Waals surface area contributed by atoms with Gasteiger partial charge in [-0.3, -0.25) is 4.98 Å². The molecule has 0 aliphatic carbocycles. The predicted molar refractivity (Wildman–Crippen MR) is 112 cm³/mol. The van der Waals surface area contributed by atoms with Gasteiger partial charge in [0.05, 0.1) is 27.7 Å². The first kappa shape index (κ1) is 20.1. The van der Waals surface area contributed by atoms with E-state index in [2.05, 4.69) is 21.8 Å². The van der Waals surface area contributed by atoms with Crippen molar-refractivity contribution in [1.82, 2.24) is 9.97 Å². The lowest BCUT2D eigenvalue weighted by Crippen LogP contribution is -2.13. The molecule has 28 heavy (non-hydrogen) atoms. The molecular weight excluding hydrogens is 392 g/mol. The summed E-state index contributed by atoms with van der Waals surface area (Å²) in [4.78, 5) is 9.26. The largest absolute Gasteiger partial charge is 0.256 e. The molecule has 6 heteroatoms. The maximum atomic E-state index is 12.3. The van der Waals surface area contributed by atoms with Gasteiger partial charge in [-0.25, -0.2) is 13.4 Å². The van der Waals surface area contributed by atoms with Crippen molar-refractivity contribution in [2.24, 2.45) is 0 Å². The van der Waals surface area contributed by atoms with Crippen LogP contribution < -0.4 is 0 Å². The van der Waals surface area contributed by atoms with Gasteiger partial charge in [0.25, 0.3) is 0 Å². The normalized spacial score (nSPS) is 11.2. The quantitative estimate of drug-likeness (QED) is 0.588. The molecule has 3 aromatic rings. The number of hydrogen-bond donors (Lipinski definition) is 0. The van der Waals surface area contributed by atoms with Crippen LogP contribution in [-0.4, -0.2) is 23.6 Å². The van der Waals surface area contributed by atoms with Crippen LogP contribution in [0, 0.1) is 18.8 Å². The maximum absolute atomic E-state index is 12.3. The first-order valence-electron chi connectivity index (χ1n) is 8.73. The molecular formula is C22H19ClN2O2S. The number of aryl methyl sites for hydroxylation is 1. The van der Waals surface area contributed by atoms with Crippen molar-refractivity contribution in [2.45, 2.75) is 30.9 Å². The number of benzene rings is 2. The van der Waals surface area contributed by atoms with Gasteiger partial charge in [-0.1, -0.05) is 35.7 Å². The summed E-state index contributed by atoms with van der Waals surface area (Å²) >= 11 is 5.99. The maximum Gasteiger partial charge on any atom is 0.180 e. The van der Waals surface area contributed by atoms with Gasteiger partial charge in [0.15, 0.2) is 9.84 Å². The lowest BCUT2D eigenvalue weighted by molar-refractivity contribution is 0.587. The highest BCUT2D eigenvalue weighted by Crippen LogP contribution is 2.22. The highest BCUT2D eigenvalue weighted by Gasteiger charge is 2.19. The van der Waals surface area contributed by atoms with Crippen molar-refractivity contribution in [1.29, 1.82) is 0 Å². The average molecular weight is 411 g/mol. The summed E-state index contributed by atoms with van der Waals surface area (Å²) < 4.78 is 24.5. The van der Waals surface area contributed by atoms with Crippen molar-refractivity contribution in [3.63, 3.8) is 0 Å². The fraction of sp³-hybridized carbons (Fsp3) is 0.182. The van der Waals surface area contributed by atoms with E-state index in [0.29, 0.717) is 21.3 Å². The van der Waals surface area contributed by atoms with Gasteiger partial charge < -0.3 is 0 Å². The fourth-order valence-electron chi connectivity index (χ4n) is 2.49. The van der Waals surface area contributed by atoms with Crippen LogP contribution in [0.15, 0.2) is 59.6 Å². The Morgan fingerprint density at radius 2 is 1.75 bits per heavy atom. The number of rotatable bonds is 3.